The molecule has 1 aromatic rings. The lowest BCUT2D eigenvalue weighted by atomic mass is 10.2. The molecule has 2 rings (SSSR count). The van der Waals surface area contributed by atoms with Crippen LogP contribution in [0.5, 0.6) is 5.75 Å². The van der Waals surface area contributed by atoms with Crippen molar-refractivity contribution in [3.05, 3.63) is 30.1 Å². The van der Waals surface area contributed by atoms with E-state index < -0.39 is 0 Å². The standard InChI is InChI=1S/C18H30FN5O/c1-20-18(21-13-15-14-22(2)9-10-23(15)3)24(4)11-12-25-17-8-6-5-7-16(17)19/h5-8,15H,9-14H2,1-4H3,(H,20,21). The zero-order valence-electron chi connectivity index (χ0n) is 15.7. The van der Waals surface area contributed by atoms with E-state index in [-0.39, 0.29) is 11.6 Å². The highest BCUT2D eigenvalue weighted by Crippen LogP contribution is 2.15. The van der Waals surface area contributed by atoms with E-state index >= 15 is 0 Å². The normalized spacial score (nSPS) is 19.7. The van der Waals surface area contributed by atoms with Crippen LogP contribution in [0.2, 0.25) is 0 Å². The van der Waals surface area contributed by atoms with E-state index in [2.05, 4.69) is 34.2 Å². The predicted octanol–water partition coefficient (Wildman–Crippen LogP) is 0.958. The van der Waals surface area contributed by atoms with Crippen LogP contribution in [0.1, 0.15) is 0 Å². The first-order valence-corrected chi connectivity index (χ1v) is 8.69. The quantitative estimate of drug-likeness (QED) is 0.611. The Morgan fingerprint density at radius 2 is 2.12 bits per heavy atom. The summed E-state index contributed by atoms with van der Waals surface area (Å²) in [5, 5.41) is 3.43. The summed E-state index contributed by atoms with van der Waals surface area (Å²) in [6, 6.07) is 6.91. The van der Waals surface area contributed by atoms with Gasteiger partial charge in [0.05, 0.1) is 6.54 Å². The number of hydrogen-bond acceptors (Lipinski definition) is 4. The van der Waals surface area contributed by atoms with Gasteiger partial charge in [-0.05, 0) is 26.2 Å². The van der Waals surface area contributed by atoms with Crippen molar-refractivity contribution >= 4 is 5.96 Å². The number of aliphatic imine (C=N–C) groups is 1. The minimum absolute atomic E-state index is 0.283. The van der Waals surface area contributed by atoms with E-state index in [4.69, 9.17) is 4.74 Å². The molecule has 1 saturated heterocycles. The van der Waals surface area contributed by atoms with Gasteiger partial charge in [0.1, 0.15) is 6.61 Å². The Kier molecular flexibility index (Phi) is 7.46. The third-order valence-electron chi connectivity index (χ3n) is 4.57. The van der Waals surface area contributed by atoms with Crippen molar-refractivity contribution in [3.63, 3.8) is 0 Å². The second-order valence-corrected chi connectivity index (χ2v) is 6.53. The maximum absolute atomic E-state index is 13.6. The molecule has 25 heavy (non-hydrogen) atoms. The Balaban J connectivity index is 1.76. The number of halogens is 1. The van der Waals surface area contributed by atoms with Crippen LogP contribution < -0.4 is 10.1 Å². The number of ether oxygens (including phenoxy) is 1. The first-order valence-electron chi connectivity index (χ1n) is 8.69. The number of nitrogens with one attached hydrogen (secondary N) is 1. The summed E-state index contributed by atoms with van der Waals surface area (Å²) in [5.74, 6) is 0.765. The van der Waals surface area contributed by atoms with Crippen molar-refractivity contribution in [2.75, 3.05) is 67.5 Å². The van der Waals surface area contributed by atoms with E-state index in [9.17, 15) is 4.39 Å². The van der Waals surface area contributed by atoms with Crippen molar-refractivity contribution in [2.24, 2.45) is 4.99 Å². The summed E-state index contributed by atoms with van der Waals surface area (Å²) < 4.78 is 19.1. The minimum Gasteiger partial charge on any atom is -0.489 e. The summed E-state index contributed by atoms with van der Waals surface area (Å²) in [6.45, 7) is 5.08. The molecule has 1 unspecified atom stereocenters. The first-order chi connectivity index (χ1) is 12.0. The van der Waals surface area contributed by atoms with Gasteiger partial charge in [0, 0.05) is 46.3 Å². The van der Waals surface area contributed by atoms with Crippen LogP contribution in [0.3, 0.4) is 0 Å². The number of benzene rings is 1. The molecule has 1 atom stereocenters. The molecular formula is C18H30FN5O. The van der Waals surface area contributed by atoms with Crippen LogP contribution in [-0.2, 0) is 0 Å². The SMILES string of the molecule is CN=C(NCC1CN(C)CCN1C)N(C)CCOc1ccccc1F. The average Bonchev–Trinajstić information content (AvgIpc) is 2.60. The molecule has 0 aliphatic carbocycles. The van der Waals surface area contributed by atoms with Crippen LogP contribution in [0, 0.1) is 5.82 Å². The summed E-state index contributed by atoms with van der Waals surface area (Å²) in [5.41, 5.74) is 0. The molecule has 0 amide bonds. The van der Waals surface area contributed by atoms with E-state index in [0.717, 1.165) is 32.1 Å². The lowest BCUT2D eigenvalue weighted by Crippen LogP contribution is -2.55. The van der Waals surface area contributed by atoms with E-state index in [0.29, 0.717) is 19.2 Å². The third-order valence-corrected chi connectivity index (χ3v) is 4.57. The van der Waals surface area contributed by atoms with Crippen molar-refractivity contribution in [1.82, 2.24) is 20.0 Å². The zero-order chi connectivity index (χ0) is 18.2. The number of hydrogen-bond donors (Lipinski definition) is 1. The molecule has 1 N–H and O–H groups in total. The van der Waals surface area contributed by atoms with Gasteiger partial charge in [0.2, 0.25) is 0 Å². The number of guanidine groups is 1. The minimum atomic E-state index is -0.336. The summed E-state index contributed by atoms with van der Waals surface area (Å²) in [7, 11) is 8.04. The van der Waals surface area contributed by atoms with Crippen molar-refractivity contribution in [2.45, 2.75) is 6.04 Å². The lowest BCUT2D eigenvalue weighted by molar-refractivity contribution is 0.116. The molecule has 0 saturated carbocycles. The van der Waals surface area contributed by atoms with E-state index in [1.165, 1.54) is 6.07 Å². The molecule has 1 heterocycles. The predicted molar refractivity (Wildman–Crippen MR) is 99.8 cm³/mol. The van der Waals surface area contributed by atoms with Crippen molar-refractivity contribution < 1.29 is 9.13 Å². The lowest BCUT2D eigenvalue weighted by Gasteiger charge is -2.38. The maximum Gasteiger partial charge on any atom is 0.193 e. The van der Waals surface area contributed by atoms with Gasteiger partial charge >= 0.3 is 0 Å². The highest BCUT2D eigenvalue weighted by Gasteiger charge is 2.22. The maximum atomic E-state index is 13.6. The molecular weight excluding hydrogens is 321 g/mol. The van der Waals surface area contributed by atoms with E-state index in [1.807, 2.05) is 11.9 Å². The van der Waals surface area contributed by atoms with Gasteiger partial charge in [-0.3, -0.25) is 9.89 Å². The van der Waals surface area contributed by atoms with Crippen LogP contribution >= 0.6 is 0 Å². The van der Waals surface area contributed by atoms with E-state index in [1.54, 1.807) is 25.2 Å². The number of rotatable bonds is 6. The molecule has 0 aromatic heterocycles. The molecule has 140 valence electrons. The number of nitrogens with zero attached hydrogens (tertiary/aromatic N) is 4. The second-order valence-electron chi connectivity index (χ2n) is 6.53. The van der Waals surface area contributed by atoms with Crippen LogP contribution in [0.4, 0.5) is 4.39 Å². The van der Waals surface area contributed by atoms with Crippen LogP contribution in [0.25, 0.3) is 0 Å². The highest BCUT2D eigenvalue weighted by molar-refractivity contribution is 5.79. The first kappa shape index (κ1) is 19.5. The second kappa shape index (κ2) is 9.58. The number of likely N-dealkylation sites (N-methyl/N-ethyl adjacent to an activating group) is 3. The Hall–Kier alpha value is -1.86. The fourth-order valence-corrected chi connectivity index (χ4v) is 2.88. The number of para-hydroxylation sites is 1. The van der Waals surface area contributed by atoms with Gasteiger partial charge in [-0.15, -0.1) is 0 Å². The zero-order valence-corrected chi connectivity index (χ0v) is 15.7. The molecule has 7 heteroatoms. The molecule has 6 nitrogen and oxygen atoms in total. The smallest absolute Gasteiger partial charge is 0.193 e. The summed E-state index contributed by atoms with van der Waals surface area (Å²) >= 11 is 0. The van der Waals surface area contributed by atoms with Gasteiger partial charge in [-0.2, -0.15) is 0 Å². The van der Waals surface area contributed by atoms with Gasteiger partial charge in [0.25, 0.3) is 0 Å². The van der Waals surface area contributed by atoms with Crippen molar-refractivity contribution in [1.29, 1.82) is 0 Å². The molecule has 1 aliphatic heterocycles. The Bertz CT molecular complexity index is 568. The molecule has 0 spiro atoms. The molecule has 0 radical (unpaired) electrons. The Morgan fingerprint density at radius 3 is 2.84 bits per heavy atom. The fourth-order valence-electron chi connectivity index (χ4n) is 2.88. The Morgan fingerprint density at radius 1 is 1.36 bits per heavy atom. The average molecular weight is 351 g/mol. The topological polar surface area (TPSA) is 43.3 Å². The summed E-state index contributed by atoms with van der Waals surface area (Å²) in [6.07, 6.45) is 0. The van der Waals surface area contributed by atoms with Crippen molar-refractivity contribution in [3.8, 4) is 5.75 Å². The fraction of sp³-hybridized carbons (Fsp3) is 0.611. The van der Waals surface area contributed by atoms with Gasteiger partial charge < -0.3 is 19.9 Å². The molecule has 1 fully saturated rings. The molecule has 1 aromatic carbocycles. The summed E-state index contributed by atoms with van der Waals surface area (Å²) in [4.78, 5) is 11.0. The Labute approximate surface area is 150 Å². The molecule has 1 aliphatic rings. The monoisotopic (exact) mass is 351 g/mol. The van der Waals surface area contributed by atoms with Crippen LogP contribution in [0.15, 0.2) is 29.3 Å². The van der Waals surface area contributed by atoms with Gasteiger partial charge in [-0.1, -0.05) is 12.1 Å². The van der Waals surface area contributed by atoms with Gasteiger partial charge in [-0.25, -0.2) is 4.39 Å². The van der Waals surface area contributed by atoms with Gasteiger partial charge in [0.15, 0.2) is 17.5 Å². The third kappa shape index (κ3) is 5.86. The van der Waals surface area contributed by atoms with Crippen LogP contribution in [-0.4, -0.2) is 94.2 Å². The largest absolute Gasteiger partial charge is 0.489 e. The molecule has 0 bridgehead atoms. The number of piperazine rings is 1. The highest BCUT2D eigenvalue weighted by atomic mass is 19.1.